The summed E-state index contributed by atoms with van der Waals surface area (Å²) in [6.45, 7) is 3.34. The van der Waals surface area contributed by atoms with Crippen LogP contribution in [0.4, 0.5) is 0 Å². The molecular formula is C16H32N2O. The molecular weight excluding hydrogens is 236 g/mol. The first-order valence-corrected chi connectivity index (χ1v) is 8.45. The molecule has 19 heavy (non-hydrogen) atoms. The molecule has 2 aliphatic rings. The summed E-state index contributed by atoms with van der Waals surface area (Å²) in [7, 11) is 0. The SMILES string of the molecule is NCCOCCN(C1CCCCC1)C1CCCCC1. The van der Waals surface area contributed by atoms with E-state index in [0.29, 0.717) is 13.2 Å². The molecule has 0 atom stereocenters. The van der Waals surface area contributed by atoms with E-state index in [-0.39, 0.29) is 0 Å². The van der Waals surface area contributed by atoms with Crippen LogP contribution in [0.3, 0.4) is 0 Å². The van der Waals surface area contributed by atoms with Gasteiger partial charge in [0.15, 0.2) is 0 Å². The van der Waals surface area contributed by atoms with Crippen molar-refractivity contribution in [1.82, 2.24) is 4.90 Å². The van der Waals surface area contributed by atoms with Crippen molar-refractivity contribution >= 4 is 0 Å². The summed E-state index contributed by atoms with van der Waals surface area (Å²) in [5, 5.41) is 0. The summed E-state index contributed by atoms with van der Waals surface area (Å²) in [6.07, 6.45) is 14.2. The Balaban J connectivity index is 1.83. The summed E-state index contributed by atoms with van der Waals surface area (Å²) in [4.78, 5) is 2.80. The number of hydrogen-bond acceptors (Lipinski definition) is 3. The standard InChI is InChI=1S/C16H32N2O/c17-11-13-19-14-12-18(15-7-3-1-4-8-15)16-9-5-2-6-10-16/h15-16H,1-14,17H2. The van der Waals surface area contributed by atoms with E-state index in [9.17, 15) is 0 Å². The quantitative estimate of drug-likeness (QED) is 0.722. The molecule has 0 aromatic heterocycles. The zero-order valence-electron chi connectivity index (χ0n) is 12.5. The maximum Gasteiger partial charge on any atom is 0.0594 e. The van der Waals surface area contributed by atoms with E-state index < -0.39 is 0 Å². The van der Waals surface area contributed by atoms with Gasteiger partial charge in [-0.15, -0.1) is 0 Å². The van der Waals surface area contributed by atoms with Crippen molar-refractivity contribution < 1.29 is 4.74 Å². The lowest BCUT2D eigenvalue weighted by Gasteiger charge is -2.41. The molecule has 0 heterocycles. The van der Waals surface area contributed by atoms with Crippen LogP contribution in [0.25, 0.3) is 0 Å². The van der Waals surface area contributed by atoms with Crippen molar-refractivity contribution in [1.29, 1.82) is 0 Å². The summed E-state index contributed by atoms with van der Waals surface area (Å²) in [5.74, 6) is 0. The normalized spacial score (nSPS) is 23.1. The Morgan fingerprint density at radius 3 is 1.79 bits per heavy atom. The van der Waals surface area contributed by atoms with E-state index in [0.717, 1.165) is 25.2 Å². The van der Waals surface area contributed by atoms with Crippen LogP contribution in [-0.2, 0) is 4.74 Å². The van der Waals surface area contributed by atoms with Gasteiger partial charge in [0, 0.05) is 25.2 Å². The number of hydrogen-bond donors (Lipinski definition) is 1. The fourth-order valence-electron chi connectivity index (χ4n) is 3.84. The number of rotatable bonds is 7. The molecule has 112 valence electrons. The minimum atomic E-state index is 0.646. The smallest absolute Gasteiger partial charge is 0.0594 e. The lowest BCUT2D eigenvalue weighted by atomic mass is 9.88. The second-order valence-electron chi connectivity index (χ2n) is 6.22. The molecule has 2 rings (SSSR count). The van der Waals surface area contributed by atoms with Gasteiger partial charge >= 0.3 is 0 Å². The summed E-state index contributed by atoms with van der Waals surface area (Å²) < 4.78 is 5.63. The predicted octanol–water partition coefficient (Wildman–Crippen LogP) is 2.93. The molecule has 0 amide bonds. The van der Waals surface area contributed by atoms with E-state index in [1.807, 2.05) is 0 Å². The Labute approximate surface area is 118 Å². The second-order valence-corrected chi connectivity index (χ2v) is 6.22. The van der Waals surface area contributed by atoms with Crippen molar-refractivity contribution in [2.45, 2.75) is 76.3 Å². The van der Waals surface area contributed by atoms with Crippen LogP contribution in [0.1, 0.15) is 64.2 Å². The highest BCUT2D eigenvalue weighted by Gasteiger charge is 2.28. The third-order valence-electron chi connectivity index (χ3n) is 4.84. The van der Waals surface area contributed by atoms with Gasteiger partial charge in [0.2, 0.25) is 0 Å². The summed E-state index contributed by atoms with van der Waals surface area (Å²) in [5.41, 5.74) is 5.49. The summed E-state index contributed by atoms with van der Waals surface area (Å²) in [6, 6.07) is 1.66. The average molecular weight is 268 g/mol. The molecule has 0 spiro atoms. The molecule has 2 aliphatic carbocycles. The molecule has 3 heteroatoms. The van der Waals surface area contributed by atoms with E-state index >= 15 is 0 Å². The molecule has 0 unspecified atom stereocenters. The fraction of sp³-hybridized carbons (Fsp3) is 1.00. The van der Waals surface area contributed by atoms with Gasteiger partial charge in [-0.25, -0.2) is 0 Å². The maximum atomic E-state index is 5.63. The number of nitrogens with zero attached hydrogens (tertiary/aromatic N) is 1. The summed E-state index contributed by atoms with van der Waals surface area (Å²) >= 11 is 0. The zero-order valence-corrected chi connectivity index (χ0v) is 12.5. The molecule has 2 saturated carbocycles. The maximum absolute atomic E-state index is 5.63. The van der Waals surface area contributed by atoms with Gasteiger partial charge in [-0.2, -0.15) is 0 Å². The van der Waals surface area contributed by atoms with E-state index in [1.165, 1.54) is 64.2 Å². The van der Waals surface area contributed by atoms with Crippen LogP contribution in [0, 0.1) is 0 Å². The zero-order chi connectivity index (χ0) is 13.3. The highest BCUT2D eigenvalue weighted by atomic mass is 16.5. The lowest BCUT2D eigenvalue weighted by Crippen LogP contribution is -2.46. The Kier molecular flexibility index (Phi) is 7.18. The Bertz CT molecular complexity index is 205. The van der Waals surface area contributed by atoms with Gasteiger partial charge in [-0.3, -0.25) is 4.90 Å². The minimum absolute atomic E-state index is 0.646. The van der Waals surface area contributed by atoms with Gasteiger partial charge in [-0.1, -0.05) is 38.5 Å². The fourth-order valence-corrected chi connectivity index (χ4v) is 3.84. The molecule has 0 radical (unpaired) electrons. The highest BCUT2D eigenvalue weighted by Crippen LogP contribution is 2.29. The first-order chi connectivity index (χ1) is 9.42. The van der Waals surface area contributed by atoms with Gasteiger partial charge < -0.3 is 10.5 Å². The number of nitrogens with two attached hydrogens (primary N) is 1. The van der Waals surface area contributed by atoms with Crippen molar-refractivity contribution in [2.24, 2.45) is 5.73 Å². The highest BCUT2D eigenvalue weighted by molar-refractivity contribution is 4.83. The van der Waals surface area contributed by atoms with Gasteiger partial charge in [0.25, 0.3) is 0 Å². The molecule has 2 N–H and O–H groups in total. The monoisotopic (exact) mass is 268 g/mol. The Morgan fingerprint density at radius 1 is 0.789 bits per heavy atom. The topological polar surface area (TPSA) is 38.5 Å². The lowest BCUT2D eigenvalue weighted by molar-refractivity contribution is 0.0398. The van der Waals surface area contributed by atoms with Crippen LogP contribution in [0.2, 0.25) is 0 Å². The first kappa shape index (κ1) is 15.3. The Morgan fingerprint density at radius 2 is 1.32 bits per heavy atom. The molecule has 0 bridgehead atoms. The first-order valence-electron chi connectivity index (χ1n) is 8.45. The molecule has 0 aromatic carbocycles. The van der Waals surface area contributed by atoms with Gasteiger partial charge in [-0.05, 0) is 25.7 Å². The van der Waals surface area contributed by atoms with Gasteiger partial charge in [0.05, 0.1) is 13.2 Å². The molecule has 3 nitrogen and oxygen atoms in total. The van der Waals surface area contributed by atoms with Gasteiger partial charge in [0.1, 0.15) is 0 Å². The predicted molar refractivity (Wildman–Crippen MR) is 80.3 cm³/mol. The Hall–Kier alpha value is -0.120. The molecule has 2 fully saturated rings. The van der Waals surface area contributed by atoms with Crippen LogP contribution >= 0.6 is 0 Å². The van der Waals surface area contributed by atoms with E-state index in [4.69, 9.17) is 10.5 Å². The van der Waals surface area contributed by atoms with Crippen LogP contribution in [-0.4, -0.2) is 43.3 Å². The molecule has 0 aliphatic heterocycles. The minimum Gasteiger partial charge on any atom is -0.379 e. The van der Waals surface area contributed by atoms with Crippen LogP contribution in [0.5, 0.6) is 0 Å². The van der Waals surface area contributed by atoms with Crippen LogP contribution in [0.15, 0.2) is 0 Å². The van der Waals surface area contributed by atoms with Crippen molar-refractivity contribution in [3.63, 3.8) is 0 Å². The average Bonchev–Trinajstić information content (AvgIpc) is 2.49. The third kappa shape index (κ3) is 5.05. The van der Waals surface area contributed by atoms with E-state index in [1.54, 1.807) is 0 Å². The molecule has 0 aromatic rings. The van der Waals surface area contributed by atoms with Crippen molar-refractivity contribution in [3.05, 3.63) is 0 Å². The third-order valence-corrected chi connectivity index (χ3v) is 4.84. The van der Waals surface area contributed by atoms with Crippen LogP contribution < -0.4 is 5.73 Å². The number of ether oxygens (including phenoxy) is 1. The van der Waals surface area contributed by atoms with Crippen molar-refractivity contribution in [2.75, 3.05) is 26.3 Å². The van der Waals surface area contributed by atoms with Crippen molar-refractivity contribution in [3.8, 4) is 0 Å². The second kappa shape index (κ2) is 8.93. The van der Waals surface area contributed by atoms with E-state index in [2.05, 4.69) is 4.90 Å². The molecule has 0 saturated heterocycles. The largest absolute Gasteiger partial charge is 0.379 e.